The number of para-hydroxylation sites is 1. The number of carbonyl (C=O) groups excluding carboxylic acids is 2. The van der Waals surface area contributed by atoms with Gasteiger partial charge in [-0.15, -0.1) is 17.0 Å². The molecule has 0 saturated carbocycles. The van der Waals surface area contributed by atoms with Crippen molar-refractivity contribution in [3.8, 4) is 0 Å². The topological polar surface area (TPSA) is 58.6 Å². The van der Waals surface area contributed by atoms with Crippen molar-refractivity contribution in [1.82, 2.24) is 4.90 Å². The van der Waals surface area contributed by atoms with Gasteiger partial charge in [-0.25, -0.2) is 0 Å². The third-order valence-corrected chi connectivity index (χ3v) is 5.82. The molecule has 2 aromatic rings. The Kier molecular flexibility index (Phi) is 9.72. The maximum absolute atomic E-state index is 13.5. The van der Waals surface area contributed by atoms with Gasteiger partial charge < -0.3 is 10.1 Å². The van der Waals surface area contributed by atoms with Crippen LogP contribution < -0.4 is 5.32 Å². The number of hydrogen-bond acceptors (Lipinski definition) is 4. The maximum Gasteiger partial charge on any atom is 0.310 e. The highest BCUT2D eigenvalue weighted by Crippen LogP contribution is 2.24. The molecule has 1 heterocycles. The molecule has 2 aromatic carbocycles. The van der Waals surface area contributed by atoms with Crippen LogP contribution in [-0.4, -0.2) is 42.5 Å². The molecule has 0 aromatic heterocycles. The number of ether oxygens (including phenoxy) is 1. The summed E-state index contributed by atoms with van der Waals surface area (Å²) in [5, 5.41) is 3.17. The van der Waals surface area contributed by atoms with Gasteiger partial charge in [0.2, 0.25) is 5.91 Å². The molecule has 1 saturated heterocycles. The number of carbonyl (C=O) groups is 2. The second kappa shape index (κ2) is 12.0. The molecule has 0 spiro atoms. The number of halogens is 1. The molecule has 1 fully saturated rings. The first-order valence-corrected chi connectivity index (χ1v) is 10.8. The number of hydrogen-bond donors (Lipinski definition) is 1. The average molecular weight is 489 g/mol. The van der Waals surface area contributed by atoms with Crippen molar-refractivity contribution in [2.24, 2.45) is 5.92 Å². The molecule has 5 nitrogen and oxygen atoms in total. The average Bonchev–Trinajstić information content (AvgIpc) is 2.75. The van der Waals surface area contributed by atoms with Crippen LogP contribution in [0.5, 0.6) is 0 Å². The quantitative estimate of drug-likeness (QED) is 0.573. The van der Waals surface area contributed by atoms with Gasteiger partial charge in [0.05, 0.1) is 18.6 Å². The van der Waals surface area contributed by atoms with E-state index in [1.165, 1.54) is 0 Å². The highest BCUT2D eigenvalue weighted by atomic mass is 79.9. The standard InChI is InChI=1S/C25H32N2O3.BrH/c1-4-30-25(29)21-14-9-15-27(17-21)22(16-20-12-6-5-7-13-20)24(28)26-23-18(2)10-8-11-19(23)3;/h5-8,10-13,21-22H,4,9,14-17H2,1-3H3,(H,26,28);1H. The number of rotatable bonds is 7. The van der Waals surface area contributed by atoms with Crippen molar-refractivity contribution >= 4 is 34.5 Å². The molecule has 2 unspecified atom stereocenters. The minimum Gasteiger partial charge on any atom is -0.466 e. The summed E-state index contributed by atoms with van der Waals surface area (Å²) in [4.78, 5) is 27.9. The van der Waals surface area contributed by atoms with E-state index in [1.807, 2.05) is 69.3 Å². The van der Waals surface area contributed by atoms with Gasteiger partial charge in [0.25, 0.3) is 0 Å². The lowest BCUT2D eigenvalue weighted by Gasteiger charge is -2.37. The molecular formula is C25H33BrN2O3. The molecule has 0 radical (unpaired) electrons. The Morgan fingerprint density at radius 3 is 2.42 bits per heavy atom. The molecule has 1 amide bonds. The normalized spacial score (nSPS) is 17.3. The fraction of sp³-hybridized carbons (Fsp3) is 0.440. The number of benzene rings is 2. The first-order valence-electron chi connectivity index (χ1n) is 10.8. The predicted molar refractivity (Wildman–Crippen MR) is 130 cm³/mol. The lowest BCUT2D eigenvalue weighted by atomic mass is 9.94. The van der Waals surface area contributed by atoms with Gasteiger partial charge in [0.15, 0.2) is 0 Å². The van der Waals surface area contributed by atoms with E-state index in [0.29, 0.717) is 19.6 Å². The van der Waals surface area contributed by atoms with E-state index in [1.54, 1.807) is 0 Å². The van der Waals surface area contributed by atoms with Gasteiger partial charge in [0.1, 0.15) is 0 Å². The maximum atomic E-state index is 13.5. The van der Waals surface area contributed by atoms with Crippen LogP contribution in [0.3, 0.4) is 0 Å². The third kappa shape index (κ3) is 6.65. The summed E-state index contributed by atoms with van der Waals surface area (Å²) in [6, 6.07) is 15.7. The highest BCUT2D eigenvalue weighted by Gasteiger charge is 2.34. The Bertz CT molecular complexity index is 852. The van der Waals surface area contributed by atoms with Crippen LogP contribution in [0.4, 0.5) is 5.69 Å². The fourth-order valence-corrected chi connectivity index (χ4v) is 4.19. The molecule has 1 aliphatic rings. The minimum absolute atomic E-state index is 0. The molecule has 0 bridgehead atoms. The molecule has 31 heavy (non-hydrogen) atoms. The smallest absolute Gasteiger partial charge is 0.310 e. The van der Waals surface area contributed by atoms with Crippen molar-refractivity contribution < 1.29 is 14.3 Å². The largest absolute Gasteiger partial charge is 0.466 e. The number of anilines is 1. The SMILES string of the molecule is Br.CCOC(=O)C1CCCN(C(Cc2ccccc2)C(=O)Nc2c(C)cccc2C)C1. The van der Waals surface area contributed by atoms with E-state index in [9.17, 15) is 9.59 Å². The summed E-state index contributed by atoms with van der Waals surface area (Å²) in [6.07, 6.45) is 2.30. The van der Waals surface area contributed by atoms with Crippen molar-refractivity contribution in [2.45, 2.75) is 46.1 Å². The summed E-state index contributed by atoms with van der Waals surface area (Å²) < 4.78 is 5.25. The Morgan fingerprint density at radius 2 is 1.77 bits per heavy atom. The lowest BCUT2D eigenvalue weighted by molar-refractivity contribution is -0.150. The van der Waals surface area contributed by atoms with Gasteiger partial charge in [-0.3, -0.25) is 14.5 Å². The van der Waals surface area contributed by atoms with Crippen molar-refractivity contribution in [3.63, 3.8) is 0 Å². The Labute approximate surface area is 195 Å². The number of likely N-dealkylation sites (tertiary alicyclic amines) is 1. The second-order valence-electron chi connectivity index (χ2n) is 8.05. The van der Waals surface area contributed by atoms with Crippen LogP contribution >= 0.6 is 17.0 Å². The van der Waals surface area contributed by atoms with Crippen LogP contribution in [0.25, 0.3) is 0 Å². The van der Waals surface area contributed by atoms with Gasteiger partial charge in [0, 0.05) is 12.2 Å². The first kappa shape index (κ1) is 25.1. The Balaban J connectivity index is 0.00000341. The predicted octanol–water partition coefficient (Wildman–Crippen LogP) is 4.71. The van der Waals surface area contributed by atoms with Crippen LogP contribution in [0, 0.1) is 19.8 Å². The zero-order valence-electron chi connectivity index (χ0n) is 18.6. The summed E-state index contributed by atoms with van der Waals surface area (Å²) >= 11 is 0. The molecular weight excluding hydrogens is 456 g/mol. The third-order valence-electron chi connectivity index (χ3n) is 5.82. The van der Waals surface area contributed by atoms with E-state index < -0.39 is 0 Å². The van der Waals surface area contributed by atoms with E-state index in [0.717, 1.165) is 41.8 Å². The summed E-state index contributed by atoms with van der Waals surface area (Å²) in [6.45, 7) is 7.58. The monoisotopic (exact) mass is 488 g/mol. The summed E-state index contributed by atoms with van der Waals surface area (Å²) in [7, 11) is 0. The van der Waals surface area contributed by atoms with Crippen LogP contribution in [0.2, 0.25) is 0 Å². The number of aryl methyl sites for hydroxylation is 2. The van der Waals surface area contributed by atoms with Crippen molar-refractivity contribution in [1.29, 1.82) is 0 Å². The van der Waals surface area contributed by atoms with Gasteiger partial charge in [-0.2, -0.15) is 0 Å². The molecule has 2 atom stereocenters. The van der Waals surface area contributed by atoms with E-state index >= 15 is 0 Å². The fourth-order valence-electron chi connectivity index (χ4n) is 4.19. The van der Waals surface area contributed by atoms with Crippen molar-refractivity contribution in [3.05, 3.63) is 65.2 Å². The lowest BCUT2D eigenvalue weighted by Crippen LogP contribution is -2.51. The van der Waals surface area contributed by atoms with E-state index in [-0.39, 0.29) is 40.8 Å². The van der Waals surface area contributed by atoms with Crippen LogP contribution in [0.15, 0.2) is 48.5 Å². The van der Waals surface area contributed by atoms with Gasteiger partial charge >= 0.3 is 5.97 Å². The van der Waals surface area contributed by atoms with Gasteiger partial charge in [-0.05, 0) is 63.3 Å². The van der Waals surface area contributed by atoms with Crippen molar-refractivity contribution in [2.75, 3.05) is 25.0 Å². The number of nitrogens with zero attached hydrogens (tertiary/aromatic N) is 1. The van der Waals surface area contributed by atoms with E-state index in [4.69, 9.17) is 4.74 Å². The zero-order valence-corrected chi connectivity index (χ0v) is 20.3. The van der Waals surface area contributed by atoms with E-state index in [2.05, 4.69) is 10.2 Å². The van der Waals surface area contributed by atoms with Crippen LogP contribution in [0.1, 0.15) is 36.5 Å². The summed E-state index contributed by atoms with van der Waals surface area (Å²) in [5.41, 5.74) is 4.08. The number of amides is 1. The molecule has 0 aliphatic carbocycles. The highest BCUT2D eigenvalue weighted by molar-refractivity contribution is 8.93. The Morgan fingerprint density at radius 1 is 1.10 bits per heavy atom. The first-order chi connectivity index (χ1) is 14.5. The minimum atomic E-state index is -0.344. The number of piperidine rings is 1. The molecule has 3 rings (SSSR count). The Hall–Kier alpha value is -2.18. The molecule has 1 aliphatic heterocycles. The number of esters is 1. The number of nitrogens with one attached hydrogen (secondary N) is 1. The zero-order chi connectivity index (χ0) is 21.5. The molecule has 1 N–H and O–H groups in total. The molecule has 168 valence electrons. The summed E-state index contributed by atoms with van der Waals surface area (Å²) in [5.74, 6) is -0.360. The molecule has 6 heteroatoms. The second-order valence-corrected chi connectivity index (χ2v) is 8.05. The van der Waals surface area contributed by atoms with Crippen LogP contribution in [-0.2, 0) is 20.7 Å². The van der Waals surface area contributed by atoms with Gasteiger partial charge in [-0.1, -0.05) is 48.5 Å².